The molecule has 1 unspecified atom stereocenters. The normalized spacial score (nSPS) is 13.1. The molecule has 1 aromatic carbocycles. The zero-order valence-corrected chi connectivity index (χ0v) is 13.0. The molecule has 19 heavy (non-hydrogen) atoms. The Morgan fingerprint density at radius 2 is 1.84 bits per heavy atom. The lowest BCUT2D eigenvalue weighted by Crippen LogP contribution is -2.11. The van der Waals surface area contributed by atoms with E-state index in [0.29, 0.717) is 19.4 Å². The SMILES string of the molecule is CCOC(=O)CCC(Cl)c1ccc(C(C)(C)C)cc1. The van der Waals surface area contributed by atoms with Gasteiger partial charge >= 0.3 is 5.97 Å². The fourth-order valence-electron chi connectivity index (χ4n) is 1.84. The molecule has 0 spiro atoms. The van der Waals surface area contributed by atoms with Crippen LogP contribution < -0.4 is 0 Å². The second-order valence-corrected chi connectivity index (χ2v) is 6.21. The molecule has 1 aromatic rings. The van der Waals surface area contributed by atoms with Gasteiger partial charge < -0.3 is 4.74 Å². The first-order valence-corrected chi connectivity index (χ1v) is 7.18. The third-order valence-electron chi connectivity index (χ3n) is 3.05. The van der Waals surface area contributed by atoms with E-state index >= 15 is 0 Å². The first kappa shape index (κ1) is 16.0. The average Bonchev–Trinajstić information content (AvgIpc) is 2.35. The maximum atomic E-state index is 11.3. The summed E-state index contributed by atoms with van der Waals surface area (Å²) in [5.74, 6) is -0.181. The highest BCUT2D eigenvalue weighted by Gasteiger charge is 2.15. The summed E-state index contributed by atoms with van der Waals surface area (Å²) in [5, 5.41) is -0.140. The van der Waals surface area contributed by atoms with Crippen LogP contribution in [0.2, 0.25) is 0 Å². The Kier molecular flexibility index (Phi) is 5.86. The van der Waals surface area contributed by atoms with E-state index in [1.165, 1.54) is 5.56 Å². The van der Waals surface area contributed by atoms with Gasteiger partial charge in [0.25, 0.3) is 0 Å². The van der Waals surface area contributed by atoms with Crippen molar-refractivity contribution in [2.75, 3.05) is 6.61 Å². The Bertz CT molecular complexity index is 404. The van der Waals surface area contributed by atoms with Crippen molar-refractivity contribution in [1.82, 2.24) is 0 Å². The van der Waals surface area contributed by atoms with Crippen molar-refractivity contribution in [3.05, 3.63) is 35.4 Å². The number of rotatable bonds is 5. The van der Waals surface area contributed by atoms with Crippen LogP contribution in [-0.2, 0) is 14.9 Å². The topological polar surface area (TPSA) is 26.3 Å². The molecule has 0 saturated carbocycles. The van der Waals surface area contributed by atoms with Gasteiger partial charge in [-0.3, -0.25) is 4.79 Å². The molecule has 2 nitrogen and oxygen atoms in total. The highest BCUT2D eigenvalue weighted by molar-refractivity contribution is 6.20. The molecule has 0 aromatic heterocycles. The first-order chi connectivity index (χ1) is 8.84. The van der Waals surface area contributed by atoms with Crippen LogP contribution in [0.3, 0.4) is 0 Å². The van der Waals surface area contributed by atoms with Gasteiger partial charge in [0.1, 0.15) is 0 Å². The van der Waals surface area contributed by atoms with Crippen LogP contribution in [-0.4, -0.2) is 12.6 Å². The maximum Gasteiger partial charge on any atom is 0.305 e. The molecule has 0 aliphatic heterocycles. The third-order valence-corrected chi connectivity index (χ3v) is 3.52. The van der Waals surface area contributed by atoms with Gasteiger partial charge in [-0.1, -0.05) is 45.0 Å². The van der Waals surface area contributed by atoms with Gasteiger partial charge in [0.05, 0.1) is 12.0 Å². The van der Waals surface area contributed by atoms with Crippen molar-refractivity contribution in [2.45, 2.75) is 51.3 Å². The Labute approximate surface area is 121 Å². The lowest BCUT2D eigenvalue weighted by Gasteiger charge is -2.19. The highest BCUT2D eigenvalue weighted by atomic mass is 35.5. The minimum absolute atomic E-state index is 0.140. The third kappa shape index (κ3) is 5.23. The molecule has 3 heteroatoms. The van der Waals surface area contributed by atoms with E-state index in [0.717, 1.165) is 5.56 Å². The number of alkyl halides is 1. The number of hydrogen-bond acceptors (Lipinski definition) is 2. The van der Waals surface area contributed by atoms with E-state index < -0.39 is 0 Å². The molecule has 0 saturated heterocycles. The summed E-state index contributed by atoms with van der Waals surface area (Å²) in [7, 11) is 0. The second kappa shape index (κ2) is 6.95. The molecule has 1 atom stereocenters. The van der Waals surface area contributed by atoms with Crippen LogP contribution in [0.4, 0.5) is 0 Å². The monoisotopic (exact) mass is 282 g/mol. The molecule has 0 fully saturated rings. The van der Waals surface area contributed by atoms with E-state index in [1.807, 2.05) is 12.1 Å². The molecule has 0 aliphatic carbocycles. The molecule has 0 heterocycles. The molecule has 1 rings (SSSR count). The predicted molar refractivity (Wildman–Crippen MR) is 79.6 cm³/mol. The van der Waals surface area contributed by atoms with Crippen LogP contribution in [0, 0.1) is 0 Å². The van der Waals surface area contributed by atoms with Gasteiger partial charge in [0.15, 0.2) is 0 Å². The summed E-state index contributed by atoms with van der Waals surface area (Å²) in [6, 6.07) is 8.30. The smallest absolute Gasteiger partial charge is 0.305 e. The molecular formula is C16H23ClO2. The quantitative estimate of drug-likeness (QED) is 0.582. The van der Waals surface area contributed by atoms with Crippen molar-refractivity contribution in [3.8, 4) is 0 Å². The first-order valence-electron chi connectivity index (χ1n) is 6.74. The predicted octanol–water partition coefficient (Wildman–Crippen LogP) is 4.61. The molecule has 0 N–H and O–H groups in total. The number of carbonyl (C=O) groups is 1. The Morgan fingerprint density at radius 3 is 2.32 bits per heavy atom. The highest BCUT2D eigenvalue weighted by Crippen LogP contribution is 2.28. The lowest BCUT2D eigenvalue weighted by atomic mass is 9.86. The maximum absolute atomic E-state index is 11.3. The summed E-state index contributed by atoms with van der Waals surface area (Å²) < 4.78 is 4.89. The van der Waals surface area contributed by atoms with Gasteiger partial charge in [-0.2, -0.15) is 0 Å². The minimum Gasteiger partial charge on any atom is -0.466 e. The minimum atomic E-state index is -0.181. The molecule has 0 amide bonds. The van der Waals surface area contributed by atoms with Crippen molar-refractivity contribution in [3.63, 3.8) is 0 Å². The zero-order valence-electron chi connectivity index (χ0n) is 12.2. The van der Waals surface area contributed by atoms with Crippen molar-refractivity contribution < 1.29 is 9.53 Å². The lowest BCUT2D eigenvalue weighted by molar-refractivity contribution is -0.143. The number of hydrogen-bond donors (Lipinski definition) is 0. The van der Waals surface area contributed by atoms with Crippen LogP contribution in [0.1, 0.15) is 57.0 Å². The number of ether oxygens (including phenoxy) is 1. The zero-order chi connectivity index (χ0) is 14.5. The number of benzene rings is 1. The molecule has 0 bridgehead atoms. The van der Waals surface area contributed by atoms with Crippen molar-refractivity contribution >= 4 is 17.6 Å². The van der Waals surface area contributed by atoms with Gasteiger partial charge in [-0.15, -0.1) is 11.6 Å². The van der Waals surface area contributed by atoms with E-state index in [9.17, 15) is 4.79 Å². The molecular weight excluding hydrogens is 260 g/mol. The van der Waals surface area contributed by atoms with Gasteiger partial charge in [0.2, 0.25) is 0 Å². The molecule has 106 valence electrons. The van der Waals surface area contributed by atoms with Gasteiger partial charge in [0, 0.05) is 6.42 Å². The summed E-state index contributed by atoms with van der Waals surface area (Å²) in [4.78, 5) is 11.3. The average molecular weight is 283 g/mol. The van der Waals surface area contributed by atoms with Crippen LogP contribution in [0.15, 0.2) is 24.3 Å². The van der Waals surface area contributed by atoms with Gasteiger partial charge in [-0.25, -0.2) is 0 Å². The van der Waals surface area contributed by atoms with E-state index in [4.69, 9.17) is 16.3 Å². The Balaban J connectivity index is 2.58. The fraction of sp³-hybridized carbons (Fsp3) is 0.562. The summed E-state index contributed by atoms with van der Waals surface area (Å²) in [6.07, 6.45) is 0.971. The van der Waals surface area contributed by atoms with Gasteiger partial charge in [-0.05, 0) is 29.9 Å². The van der Waals surface area contributed by atoms with Crippen molar-refractivity contribution in [2.24, 2.45) is 0 Å². The standard InChI is InChI=1S/C16H23ClO2/c1-5-19-15(18)11-10-14(17)12-6-8-13(9-7-12)16(2,3)4/h6-9,14H,5,10-11H2,1-4H3. The summed E-state index contributed by atoms with van der Waals surface area (Å²) >= 11 is 6.31. The van der Waals surface area contributed by atoms with Crippen LogP contribution >= 0.6 is 11.6 Å². The number of carbonyl (C=O) groups excluding carboxylic acids is 1. The van der Waals surface area contributed by atoms with E-state index in [2.05, 4.69) is 32.9 Å². The van der Waals surface area contributed by atoms with E-state index in [1.54, 1.807) is 6.92 Å². The Morgan fingerprint density at radius 1 is 1.26 bits per heavy atom. The Hall–Kier alpha value is -1.02. The van der Waals surface area contributed by atoms with E-state index in [-0.39, 0.29) is 16.8 Å². The molecule has 0 radical (unpaired) electrons. The van der Waals surface area contributed by atoms with Crippen LogP contribution in [0.5, 0.6) is 0 Å². The van der Waals surface area contributed by atoms with Crippen LogP contribution in [0.25, 0.3) is 0 Å². The second-order valence-electron chi connectivity index (χ2n) is 5.68. The largest absolute Gasteiger partial charge is 0.466 e. The molecule has 0 aliphatic rings. The van der Waals surface area contributed by atoms with Crippen molar-refractivity contribution in [1.29, 1.82) is 0 Å². The summed E-state index contributed by atoms with van der Waals surface area (Å²) in [6.45, 7) is 8.77. The summed E-state index contributed by atoms with van der Waals surface area (Å²) in [5.41, 5.74) is 2.48. The number of halogens is 1. The number of esters is 1. The fourth-order valence-corrected chi connectivity index (χ4v) is 2.09.